The quantitative estimate of drug-likeness (QED) is 0.881. The van der Waals surface area contributed by atoms with E-state index >= 15 is 0 Å². The maximum atomic E-state index is 11.0. The topological polar surface area (TPSA) is 62.7 Å². The zero-order valence-corrected chi connectivity index (χ0v) is 11.0. The van der Waals surface area contributed by atoms with Gasteiger partial charge in [0.2, 0.25) is 0 Å². The zero-order chi connectivity index (χ0) is 13.4. The molecule has 3 rings (SSSR count). The van der Waals surface area contributed by atoms with Gasteiger partial charge < -0.3 is 14.7 Å². The maximum absolute atomic E-state index is 11.0. The molecule has 1 N–H and O–H groups in total. The van der Waals surface area contributed by atoms with Crippen LogP contribution in [-0.4, -0.2) is 41.4 Å². The molecule has 2 heterocycles. The highest BCUT2D eigenvalue weighted by molar-refractivity contribution is 5.89. The number of pyridine rings is 1. The van der Waals surface area contributed by atoms with Crippen molar-refractivity contribution in [2.75, 3.05) is 18.1 Å². The number of aromatic nitrogens is 1. The van der Waals surface area contributed by atoms with Crippen LogP contribution in [0, 0.1) is 6.92 Å². The molecule has 1 aromatic rings. The number of carbonyl (C=O) groups is 1. The number of rotatable bonds is 2. The van der Waals surface area contributed by atoms with Crippen LogP contribution >= 0.6 is 0 Å². The number of morpholine rings is 1. The Bertz CT molecular complexity index is 503. The van der Waals surface area contributed by atoms with E-state index in [1.165, 1.54) is 6.42 Å². The molecule has 2 fully saturated rings. The van der Waals surface area contributed by atoms with E-state index in [2.05, 4.69) is 9.88 Å². The molecule has 0 amide bonds. The van der Waals surface area contributed by atoms with E-state index in [4.69, 9.17) is 9.84 Å². The molecule has 2 atom stereocenters. The van der Waals surface area contributed by atoms with Gasteiger partial charge in [0.25, 0.3) is 0 Å². The van der Waals surface area contributed by atoms with Gasteiger partial charge in [-0.2, -0.15) is 0 Å². The minimum absolute atomic E-state index is 0.278. The Morgan fingerprint density at radius 2 is 2.32 bits per heavy atom. The Labute approximate surface area is 112 Å². The molecule has 1 saturated heterocycles. The molecule has 1 aliphatic carbocycles. The predicted octanol–water partition coefficient (Wildman–Crippen LogP) is 1.85. The van der Waals surface area contributed by atoms with Gasteiger partial charge in [-0.1, -0.05) is 0 Å². The van der Waals surface area contributed by atoms with Crippen LogP contribution < -0.4 is 4.90 Å². The number of hydrogen-bond donors (Lipinski definition) is 1. The van der Waals surface area contributed by atoms with Gasteiger partial charge in [-0.05, 0) is 38.3 Å². The summed E-state index contributed by atoms with van der Waals surface area (Å²) in [6.07, 6.45) is 3.76. The Hall–Kier alpha value is -1.62. The first-order valence-electron chi connectivity index (χ1n) is 6.76. The van der Waals surface area contributed by atoms with Crippen molar-refractivity contribution in [3.8, 4) is 0 Å². The number of hydrogen-bond acceptors (Lipinski definition) is 4. The third-order valence-electron chi connectivity index (χ3n) is 4.08. The van der Waals surface area contributed by atoms with Crippen LogP contribution in [0.15, 0.2) is 12.1 Å². The summed E-state index contributed by atoms with van der Waals surface area (Å²) in [7, 11) is 0. The Balaban J connectivity index is 1.89. The fourth-order valence-corrected chi connectivity index (χ4v) is 3.14. The molecule has 2 aliphatic rings. The summed E-state index contributed by atoms with van der Waals surface area (Å²) in [5, 5.41) is 9.04. The van der Waals surface area contributed by atoms with Crippen LogP contribution in [0.3, 0.4) is 0 Å². The van der Waals surface area contributed by atoms with Gasteiger partial charge in [0, 0.05) is 6.54 Å². The fourth-order valence-electron chi connectivity index (χ4n) is 3.14. The number of aryl methyl sites for hydroxylation is 1. The first kappa shape index (κ1) is 12.4. The van der Waals surface area contributed by atoms with E-state index in [1.54, 1.807) is 13.0 Å². The van der Waals surface area contributed by atoms with E-state index in [0.29, 0.717) is 17.8 Å². The van der Waals surface area contributed by atoms with Gasteiger partial charge in [-0.3, -0.25) is 0 Å². The molecule has 2 unspecified atom stereocenters. The van der Waals surface area contributed by atoms with Crippen LogP contribution in [0.5, 0.6) is 0 Å². The van der Waals surface area contributed by atoms with Gasteiger partial charge >= 0.3 is 5.97 Å². The molecule has 0 bridgehead atoms. The van der Waals surface area contributed by atoms with Crippen LogP contribution in [0.2, 0.25) is 0 Å². The van der Waals surface area contributed by atoms with Crippen molar-refractivity contribution < 1.29 is 14.6 Å². The summed E-state index contributed by atoms with van der Waals surface area (Å²) in [5.74, 6) is -0.0417. The van der Waals surface area contributed by atoms with E-state index in [1.807, 2.05) is 6.07 Å². The molecule has 1 aliphatic heterocycles. The second-order valence-electron chi connectivity index (χ2n) is 5.21. The number of carboxylic acids is 1. The summed E-state index contributed by atoms with van der Waals surface area (Å²) in [4.78, 5) is 17.8. The molecule has 102 valence electrons. The lowest BCUT2D eigenvalue weighted by Crippen LogP contribution is -2.49. The maximum Gasteiger partial charge on any atom is 0.337 e. The van der Waals surface area contributed by atoms with E-state index in [0.717, 1.165) is 31.8 Å². The average molecular weight is 262 g/mol. The summed E-state index contributed by atoms with van der Waals surface area (Å²) in [6.45, 7) is 3.31. The van der Waals surface area contributed by atoms with Gasteiger partial charge in [0.1, 0.15) is 5.82 Å². The lowest BCUT2D eigenvalue weighted by Gasteiger charge is -2.38. The summed E-state index contributed by atoms with van der Waals surface area (Å²) in [6, 6.07) is 3.87. The van der Waals surface area contributed by atoms with E-state index in [-0.39, 0.29) is 5.56 Å². The van der Waals surface area contributed by atoms with Crippen LogP contribution in [-0.2, 0) is 4.74 Å². The molecule has 1 aromatic heterocycles. The highest BCUT2D eigenvalue weighted by Crippen LogP contribution is 2.32. The highest BCUT2D eigenvalue weighted by Gasteiger charge is 2.36. The summed E-state index contributed by atoms with van der Waals surface area (Å²) in [5.41, 5.74) is 0.853. The Morgan fingerprint density at radius 3 is 3.05 bits per heavy atom. The van der Waals surface area contributed by atoms with Crippen molar-refractivity contribution >= 4 is 11.8 Å². The molecule has 19 heavy (non-hydrogen) atoms. The minimum atomic E-state index is -0.919. The largest absolute Gasteiger partial charge is 0.478 e. The van der Waals surface area contributed by atoms with Gasteiger partial charge in [0.05, 0.1) is 30.0 Å². The number of fused-ring (bicyclic) bond motifs is 1. The van der Waals surface area contributed by atoms with E-state index in [9.17, 15) is 4.79 Å². The zero-order valence-electron chi connectivity index (χ0n) is 11.0. The molecular weight excluding hydrogens is 244 g/mol. The van der Waals surface area contributed by atoms with Crippen LogP contribution in [0.25, 0.3) is 0 Å². The molecular formula is C14H18N2O3. The SMILES string of the molecule is Cc1nc(N2CCOC3CCCC32)ccc1C(=O)O. The second-order valence-corrected chi connectivity index (χ2v) is 5.21. The molecule has 0 spiro atoms. The Morgan fingerprint density at radius 1 is 1.47 bits per heavy atom. The van der Waals surface area contributed by atoms with Crippen LogP contribution in [0.4, 0.5) is 5.82 Å². The van der Waals surface area contributed by atoms with Crippen molar-refractivity contribution in [2.24, 2.45) is 0 Å². The van der Waals surface area contributed by atoms with Crippen molar-refractivity contribution in [3.63, 3.8) is 0 Å². The normalized spacial score (nSPS) is 26.3. The monoisotopic (exact) mass is 262 g/mol. The lowest BCUT2D eigenvalue weighted by molar-refractivity contribution is 0.0253. The lowest BCUT2D eigenvalue weighted by atomic mass is 10.1. The number of ether oxygens (including phenoxy) is 1. The number of aromatic carboxylic acids is 1. The second kappa shape index (κ2) is 4.81. The third-order valence-corrected chi connectivity index (χ3v) is 4.08. The highest BCUT2D eigenvalue weighted by atomic mass is 16.5. The molecule has 0 aromatic carbocycles. The predicted molar refractivity (Wildman–Crippen MR) is 70.7 cm³/mol. The third kappa shape index (κ3) is 2.18. The number of anilines is 1. The fraction of sp³-hybridized carbons (Fsp3) is 0.571. The van der Waals surface area contributed by atoms with Gasteiger partial charge in [0.15, 0.2) is 0 Å². The minimum Gasteiger partial charge on any atom is -0.478 e. The van der Waals surface area contributed by atoms with Crippen LogP contribution in [0.1, 0.15) is 35.3 Å². The first-order chi connectivity index (χ1) is 9.16. The van der Waals surface area contributed by atoms with Crippen molar-refractivity contribution in [1.29, 1.82) is 0 Å². The van der Waals surface area contributed by atoms with Gasteiger partial charge in [-0.15, -0.1) is 0 Å². The standard InChI is InChI=1S/C14H18N2O3/c1-9-10(14(17)18)5-6-13(15-9)16-7-8-19-12-4-2-3-11(12)16/h5-6,11-12H,2-4,7-8H2,1H3,(H,17,18). The smallest absolute Gasteiger partial charge is 0.337 e. The molecule has 1 saturated carbocycles. The molecule has 0 radical (unpaired) electrons. The van der Waals surface area contributed by atoms with Gasteiger partial charge in [-0.25, -0.2) is 9.78 Å². The Kier molecular flexibility index (Phi) is 3.14. The van der Waals surface area contributed by atoms with Crippen molar-refractivity contribution in [2.45, 2.75) is 38.3 Å². The molecule has 5 nitrogen and oxygen atoms in total. The van der Waals surface area contributed by atoms with Crippen molar-refractivity contribution in [1.82, 2.24) is 4.98 Å². The number of carboxylic acid groups (broad SMARTS) is 1. The summed E-state index contributed by atoms with van der Waals surface area (Å²) >= 11 is 0. The molecule has 5 heteroatoms. The summed E-state index contributed by atoms with van der Waals surface area (Å²) < 4.78 is 5.78. The average Bonchev–Trinajstić information content (AvgIpc) is 2.86. The number of nitrogens with zero attached hydrogens (tertiary/aromatic N) is 2. The first-order valence-corrected chi connectivity index (χ1v) is 6.76. The van der Waals surface area contributed by atoms with E-state index < -0.39 is 5.97 Å². The van der Waals surface area contributed by atoms with Crippen molar-refractivity contribution in [3.05, 3.63) is 23.4 Å².